The maximum absolute atomic E-state index is 13.1. The summed E-state index contributed by atoms with van der Waals surface area (Å²) in [4.78, 5) is 33.7. The molecule has 0 unspecified atom stereocenters. The van der Waals surface area contributed by atoms with Crippen molar-refractivity contribution in [1.29, 1.82) is 5.26 Å². The number of rotatable bonds is 4. The summed E-state index contributed by atoms with van der Waals surface area (Å²) in [6, 6.07) is 8.40. The molecular weight excluding hydrogens is 404 g/mol. The lowest BCUT2D eigenvalue weighted by molar-refractivity contribution is -0.151. The van der Waals surface area contributed by atoms with Gasteiger partial charge in [0, 0.05) is 43.7 Å². The van der Waals surface area contributed by atoms with Gasteiger partial charge in [-0.15, -0.1) is 0 Å². The molecule has 0 radical (unpaired) electrons. The Bertz CT molecular complexity index is 1050. The Kier molecular flexibility index (Phi) is 6.59. The fourth-order valence-electron chi connectivity index (χ4n) is 4.92. The van der Waals surface area contributed by atoms with Gasteiger partial charge >= 0.3 is 5.97 Å². The fourth-order valence-corrected chi connectivity index (χ4v) is 4.92. The second kappa shape index (κ2) is 9.56. The summed E-state index contributed by atoms with van der Waals surface area (Å²) >= 11 is 0. The highest BCUT2D eigenvalue weighted by Gasteiger charge is 2.33. The van der Waals surface area contributed by atoms with Crippen LogP contribution in [0.4, 0.5) is 5.69 Å². The number of benzene rings is 1. The van der Waals surface area contributed by atoms with Crippen LogP contribution in [0.5, 0.6) is 0 Å². The third-order valence-corrected chi connectivity index (χ3v) is 6.70. The second-order valence-electron chi connectivity index (χ2n) is 8.77. The largest absolute Gasteiger partial charge is 0.466 e. The lowest BCUT2D eigenvalue weighted by Gasteiger charge is -2.38. The van der Waals surface area contributed by atoms with Crippen LogP contribution in [0, 0.1) is 30.1 Å². The molecule has 3 heterocycles. The third kappa shape index (κ3) is 4.40. The van der Waals surface area contributed by atoms with Gasteiger partial charge in [-0.3, -0.25) is 14.6 Å². The number of nitriles is 1. The van der Waals surface area contributed by atoms with Gasteiger partial charge in [-0.05, 0) is 51.7 Å². The first-order valence-electron chi connectivity index (χ1n) is 11.5. The zero-order valence-electron chi connectivity index (χ0n) is 18.8. The van der Waals surface area contributed by atoms with E-state index in [9.17, 15) is 14.9 Å². The fraction of sp³-hybridized carbons (Fsp3) is 0.520. The number of aromatic nitrogens is 1. The minimum Gasteiger partial charge on any atom is -0.466 e. The Hall–Kier alpha value is -3.14. The van der Waals surface area contributed by atoms with Crippen molar-refractivity contribution in [3.8, 4) is 6.07 Å². The molecule has 2 aliphatic heterocycles. The average Bonchev–Trinajstić information content (AvgIpc) is 2.83. The third-order valence-electron chi connectivity index (χ3n) is 6.70. The first-order chi connectivity index (χ1) is 15.5. The van der Waals surface area contributed by atoms with Crippen LogP contribution in [0.3, 0.4) is 0 Å². The van der Waals surface area contributed by atoms with Gasteiger partial charge in [-0.1, -0.05) is 11.6 Å². The van der Waals surface area contributed by atoms with Crippen molar-refractivity contribution >= 4 is 28.5 Å². The molecule has 1 amide bonds. The van der Waals surface area contributed by atoms with E-state index in [1.54, 1.807) is 6.20 Å². The molecule has 4 rings (SSSR count). The van der Waals surface area contributed by atoms with Crippen molar-refractivity contribution < 1.29 is 14.3 Å². The lowest BCUT2D eigenvalue weighted by atomic mass is 9.91. The van der Waals surface area contributed by atoms with Crippen LogP contribution >= 0.6 is 0 Å². The zero-order valence-corrected chi connectivity index (χ0v) is 18.8. The van der Waals surface area contributed by atoms with Gasteiger partial charge in [0.15, 0.2) is 0 Å². The van der Waals surface area contributed by atoms with E-state index in [0.717, 1.165) is 48.1 Å². The van der Waals surface area contributed by atoms with E-state index in [2.05, 4.69) is 22.0 Å². The smallest absolute Gasteiger partial charge is 0.309 e. The summed E-state index contributed by atoms with van der Waals surface area (Å²) in [5.74, 6) is -0.0386. The number of ether oxygens (including phenoxy) is 1. The molecule has 0 atom stereocenters. The summed E-state index contributed by atoms with van der Waals surface area (Å²) in [7, 11) is 0. The number of fused-ring (bicyclic) bond motifs is 1. The number of likely N-dealkylation sites (tertiary alicyclic amines) is 1. The van der Waals surface area contributed by atoms with E-state index < -0.39 is 0 Å². The summed E-state index contributed by atoms with van der Waals surface area (Å²) in [5.41, 5.74) is 3.52. The van der Waals surface area contributed by atoms with Crippen LogP contribution in [-0.4, -0.2) is 54.5 Å². The predicted octanol–water partition coefficient (Wildman–Crippen LogP) is 3.43. The lowest BCUT2D eigenvalue weighted by Crippen LogP contribution is -2.46. The summed E-state index contributed by atoms with van der Waals surface area (Å²) in [6.45, 7) is 6.97. The number of anilines is 1. The Morgan fingerprint density at radius 3 is 2.47 bits per heavy atom. The number of pyridine rings is 1. The summed E-state index contributed by atoms with van der Waals surface area (Å²) in [6.07, 6.45) is 4.53. The van der Waals surface area contributed by atoms with E-state index in [-0.39, 0.29) is 23.7 Å². The number of amides is 1. The van der Waals surface area contributed by atoms with E-state index in [1.165, 1.54) is 0 Å². The van der Waals surface area contributed by atoms with Crippen molar-refractivity contribution in [2.45, 2.75) is 39.5 Å². The maximum atomic E-state index is 13.1. The van der Waals surface area contributed by atoms with E-state index in [4.69, 9.17) is 4.74 Å². The standard InChI is InChI=1S/C25H30N4O3/c1-3-32-25(31)19-8-12-29(13-9-19)24(30)18-6-10-28(11-7-18)23-20(15-26)16-27-22-5-4-17(2)14-21(22)23/h4-5,14,16,18-19H,3,6-13H2,1-2H3. The topological polar surface area (TPSA) is 86.5 Å². The SMILES string of the molecule is CCOC(=O)C1CCN(C(=O)C2CCN(c3c(C#N)cnc4ccc(C)cc34)CC2)CC1. The van der Waals surface area contributed by atoms with Crippen molar-refractivity contribution in [1.82, 2.24) is 9.88 Å². The van der Waals surface area contributed by atoms with Crippen LogP contribution in [0.15, 0.2) is 24.4 Å². The van der Waals surface area contributed by atoms with Crippen molar-refractivity contribution in [3.63, 3.8) is 0 Å². The highest BCUT2D eigenvalue weighted by Crippen LogP contribution is 2.34. The zero-order chi connectivity index (χ0) is 22.7. The van der Waals surface area contributed by atoms with Crippen LogP contribution in [0.1, 0.15) is 43.7 Å². The summed E-state index contributed by atoms with van der Waals surface area (Å²) in [5, 5.41) is 10.7. The second-order valence-corrected chi connectivity index (χ2v) is 8.77. The maximum Gasteiger partial charge on any atom is 0.309 e. The Balaban J connectivity index is 1.41. The molecule has 0 spiro atoms. The molecule has 7 heteroatoms. The molecule has 7 nitrogen and oxygen atoms in total. The van der Waals surface area contributed by atoms with E-state index >= 15 is 0 Å². The van der Waals surface area contributed by atoms with Gasteiger partial charge in [0.2, 0.25) is 5.91 Å². The normalized spacial score (nSPS) is 17.9. The molecule has 2 aliphatic rings. The summed E-state index contributed by atoms with van der Waals surface area (Å²) < 4.78 is 5.13. The minimum absolute atomic E-state index is 0.00855. The molecule has 0 aliphatic carbocycles. The van der Waals surface area contributed by atoms with Gasteiger partial charge in [-0.2, -0.15) is 5.26 Å². The predicted molar refractivity (Wildman–Crippen MR) is 122 cm³/mol. The van der Waals surface area contributed by atoms with Gasteiger partial charge in [-0.25, -0.2) is 0 Å². The van der Waals surface area contributed by atoms with Gasteiger partial charge < -0.3 is 14.5 Å². The molecule has 0 saturated carbocycles. The van der Waals surface area contributed by atoms with E-state index in [0.29, 0.717) is 38.1 Å². The van der Waals surface area contributed by atoms with E-state index in [1.807, 2.05) is 30.9 Å². The van der Waals surface area contributed by atoms with Gasteiger partial charge in [0.05, 0.1) is 29.3 Å². The molecule has 32 heavy (non-hydrogen) atoms. The molecule has 1 aromatic carbocycles. The molecule has 168 valence electrons. The molecule has 2 fully saturated rings. The molecule has 1 aromatic heterocycles. The molecule has 2 aromatic rings. The van der Waals surface area contributed by atoms with Crippen LogP contribution in [0.2, 0.25) is 0 Å². The highest BCUT2D eigenvalue weighted by atomic mass is 16.5. The van der Waals surface area contributed by atoms with Crippen molar-refractivity contribution in [3.05, 3.63) is 35.5 Å². The Morgan fingerprint density at radius 1 is 1.12 bits per heavy atom. The van der Waals surface area contributed by atoms with Gasteiger partial charge in [0.1, 0.15) is 6.07 Å². The number of hydrogen-bond donors (Lipinski definition) is 0. The minimum atomic E-state index is -0.138. The first-order valence-corrected chi connectivity index (χ1v) is 11.5. The molecule has 2 saturated heterocycles. The Labute approximate surface area is 189 Å². The number of carbonyl (C=O) groups is 2. The first kappa shape index (κ1) is 22.1. The number of nitrogens with zero attached hydrogens (tertiary/aromatic N) is 4. The van der Waals surface area contributed by atoms with Crippen molar-refractivity contribution in [2.24, 2.45) is 11.8 Å². The molecule has 0 N–H and O–H groups in total. The number of carbonyl (C=O) groups excluding carboxylic acids is 2. The molecule has 0 bridgehead atoms. The Morgan fingerprint density at radius 2 is 1.81 bits per heavy atom. The average molecular weight is 435 g/mol. The number of esters is 1. The monoisotopic (exact) mass is 434 g/mol. The number of piperidine rings is 2. The van der Waals surface area contributed by atoms with Crippen LogP contribution in [-0.2, 0) is 14.3 Å². The number of hydrogen-bond acceptors (Lipinski definition) is 6. The van der Waals surface area contributed by atoms with Crippen LogP contribution in [0.25, 0.3) is 10.9 Å². The number of aryl methyl sites for hydroxylation is 1. The molecular formula is C25H30N4O3. The quantitative estimate of drug-likeness (QED) is 0.685. The van der Waals surface area contributed by atoms with Crippen molar-refractivity contribution in [2.75, 3.05) is 37.7 Å². The van der Waals surface area contributed by atoms with Gasteiger partial charge in [0.25, 0.3) is 0 Å². The van der Waals surface area contributed by atoms with Crippen LogP contribution < -0.4 is 4.90 Å². The highest BCUT2D eigenvalue weighted by molar-refractivity contribution is 5.95.